The first-order valence-electron chi connectivity index (χ1n) is 6.56. The predicted molar refractivity (Wildman–Crippen MR) is 89.3 cm³/mol. The number of amidine groups is 1. The zero-order valence-electron chi connectivity index (χ0n) is 11.8. The highest BCUT2D eigenvalue weighted by molar-refractivity contribution is 9.10. The lowest BCUT2D eigenvalue weighted by atomic mass is 10.1. The number of nitrogens with zero attached hydrogens (tertiary/aromatic N) is 2. The Morgan fingerprint density at radius 3 is 2.62 bits per heavy atom. The van der Waals surface area contributed by atoms with E-state index in [1.54, 1.807) is 6.33 Å². The molecule has 0 aliphatic heterocycles. The molecule has 0 atom stereocenters. The minimum absolute atomic E-state index is 0.0389. The van der Waals surface area contributed by atoms with Crippen LogP contribution in [-0.4, -0.2) is 15.4 Å². The maximum absolute atomic E-state index is 7.78. The second-order valence-electron chi connectivity index (χ2n) is 5.11. The van der Waals surface area contributed by atoms with Gasteiger partial charge < -0.3 is 5.73 Å². The Labute approximate surface area is 131 Å². The zero-order chi connectivity index (χ0) is 15.1. The second-order valence-corrected chi connectivity index (χ2v) is 6.03. The van der Waals surface area contributed by atoms with Crippen LogP contribution >= 0.6 is 15.9 Å². The molecule has 0 radical (unpaired) electrons. The molecule has 0 saturated carbocycles. The van der Waals surface area contributed by atoms with E-state index in [1.165, 1.54) is 11.1 Å². The number of aryl methyl sites for hydroxylation is 2. The average molecular weight is 343 g/mol. The lowest BCUT2D eigenvalue weighted by Crippen LogP contribution is -2.14. The molecular formula is C16H15BrN4. The summed E-state index contributed by atoms with van der Waals surface area (Å²) in [6.45, 7) is 4.16. The number of imidazole rings is 1. The van der Waals surface area contributed by atoms with E-state index in [0.29, 0.717) is 5.56 Å². The molecule has 0 aliphatic carbocycles. The Kier molecular flexibility index (Phi) is 3.29. The molecule has 5 heteroatoms. The molecule has 21 heavy (non-hydrogen) atoms. The fraction of sp³-hybridized carbons (Fsp3) is 0.125. The van der Waals surface area contributed by atoms with Gasteiger partial charge in [0.25, 0.3) is 0 Å². The van der Waals surface area contributed by atoms with Gasteiger partial charge in [-0.15, -0.1) is 0 Å². The number of benzene rings is 2. The first kappa shape index (κ1) is 13.8. The standard InChI is InChI=1S/C16H15BrN4/c1-9-5-13-15(6-10(9)2)21(8-20-13)14-4-3-11(17)7-12(14)16(18)19/h3-8H,1-2H3,(H3,18,19). The second kappa shape index (κ2) is 5.00. The molecule has 1 aromatic heterocycles. The number of aromatic nitrogens is 2. The molecule has 3 aromatic rings. The van der Waals surface area contributed by atoms with Crippen molar-refractivity contribution in [2.24, 2.45) is 5.73 Å². The van der Waals surface area contributed by atoms with Gasteiger partial charge in [0.2, 0.25) is 0 Å². The Morgan fingerprint density at radius 2 is 1.90 bits per heavy atom. The minimum atomic E-state index is 0.0389. The molecular weight excluding hydrogens is 328 g/mol. The van der Waals surface area contributed by atoms with Crippen molar-refractivity contribution in [3.05, 3.63) is 57.8 Å². The Balaban J connectivity index is 2.31. The fourth-order valence-corrected chi connectivity index (χ4v) is 2.75. The van der Waals surface area contributed by atoms with E-state index in [0.717, 1.165) is 21.2 Å². The van der Waals surface area contributed by atoms with E-state index in [9.17, 15) is 0 Å². The van der Waals surface area contributed by atoms with Crippen molar-refractivity contribution >= 4 is 32.8 Å². The van der Waals surface area contributed by atoms with Gasteiger partial charge in [-0.1, -0.05) is 15.9 Å². The van der Waals surface area contributed by atoms with Gasteiger partial charge in [0, 0.05) is 10.0 Å². The van der Waals surface area contributed by atoms with E-state index in [1.807, 2.05) is 22.8 Å². The van der Waals surface area contributed by atoms with Crippen LogP contribution in [0.1, 0.15) is 16.7 Å². The van der Waals surface area contributed by atoms with E-state index < -0.39 is 0 Å². The molecule has 0 unspecified atom stereocenters. The number of halogens is 1. The van der Waals surface area contributed by atoms with Gasteiger partial charge in [-0.2, -0.15) is 0 Å². The number of fused-ring (bicyclic) bond motifs is 1. The molecule has 106 valence electrons. The minimum Gasteiger partial charge on any atom is -0.384 e. The van der Waals surface area contributed by atoms with Crippen molar-refractivity contribution in [1.82, 2.24) is 9.55 Å². The lowest BCUT2D eigenvalue weighted by molar-refractivity contribution is 1.08. The van der Waals surface area contributed by atoms with Crippen LogP contribution in [0.4, 0.5) is 0 Å². The third-order valence-corrected chi connectivity index (χ3v) is 4.16. The summed E-state index contributed by atoms with van der Waals surface area (Å²) in [4.78, 5) is 4.46. The number of nitrogens with two attached hydrogens (primary N) is 1. The van der Waals surface area contributed by atoms with Crippen LogP contribution in [0.5, 0.6) is 0 Å². The van der Waals surface area contributed by atoms with Crippen LogP contribution in [0.2, 0.25) is 0 Å². The number of hydrogen-bond donors (Lipinski definition) is 2. The van der Waals surface area contributed by atoms with Crippen molar-refractivity contribution in [2.75, 3.05) is 0 Å². The van der Waals surface area contributed by atoms with E-state index in [2.05, 4.69) is 46.9 Å². The molecule has 0 amide bonds. The van der Waals surface area contributed by atoms with Crippen LogP contribution in [0.15, 0.2) is 41.1 Å². The molecule has 2 aromatic carbocycles. The average Bonchev–Trinajstić information content (AvgIpc) is 2.82. The van der Waals surface area contributed by atoms with Gasteiger partial charge >= 0.3 is 0 Å². The summed E-state index contributed by atoms with van der Waals surface area (Å²) in [7, 11) is 0. The number of hydrogen-bond acceptors (Lipinski definition) is 2. The zero-order valence-corrected chi connectivity index (χ0v) is 13.4. The van der Waals surface area contributed by atoms with E-state index in [-0.39, 0.29) is 5.84 Å². The summed E-state index contributed by atoms with van der Waals surface area (Å²) in [6, 6.07) is 9.92. The molecule has 3 rings (SSSR count). The first-order chi connectivity index (χ1) is 9.97. The van der Waals surface area contributed by atoms with Crippen molar-refractivity contribution in [2.45, 2.75) is 13.8 Å². The van der Waals surface area contributed by atoms with Crippen molar-refractivity contribution in [3.63, 3.8) is 0 Å². The van der Waals surface area contributed by atoms with Gasteiger partial charge in [0.1, 0.15) is 12.2 Å². The number of nitrogens with one attached hydrogen (secondary N) is 1. The maximum Gasteiger partial charge on any atom is 0.124 e. The van der Waals surface area contributed by atoms with Crippen molar-refractivity contribution in [1.29, 1.82) is 5.41 Å². The molecule has 3 N–H and O–H groups in total. The Hall–Kier alpha value is -2.14. The fourth-order valence-electron chi connectivity index (χ4n) is 2.39. The largest absolute Gasteiger partial charge is 0.384 e. The van der Waals surface area contributed by atoms with E-state index in [4.69, 9.17) is 11.1 Å². The SMILES string of the molecule is Cc1cc2ncn(-c3ccc(Br)cc3C(=N)N)c2cc1C. The predicted octanol–water partition coefficient (Wildman–Crippen LogP) is 3.69. The molecule has 0 saturated heterocycles. The summed E-state index contributed by atoms with van der Waals surface area (Å²) in [6.07, 6.45) is 1.78. The van der Waals surface area contributed by atoms with Crippen LogP contribution in [-0.2, 0) is 0 Å². The quantitative estimate of drug-likeness (QED) is 0.550. The number of nitrogen functional groups attached to an aromatic ring is 1. The summed E-state index contributed by atoms with van der Waals surface area (Å²) < 4.78 is 2.87. The van der Waals surface area contributed by atoms with Gasteiger partial charge in [-0.3, -0.25) is 9.98 Å². The third-order valence-electron chi connectivity index (χ3n) is 3.67. The van der Waals surface area contributed by atoms with Crippen molar-refractivity contribution < 1.29 is 0 Å². The van der Waals surface area contributed by atoms with Crippen LogP contribution < -0.4 is 5.73 Å². The molecule has 4 nitrogen and oxygen atoms in total. The summed E-state index contributed by atoms with van der Waals surface area (Å²) in [5.41, 5.74) is 11.6. The highest BCUT2D eigenvalue weighted by Crippen LogP contribution is 2.25. The van der Waals surface area contributed by atoms with Crippen LogP contribution in [0.25, 0.3) is 16.7 Å². The van der Waals surface area contributed by atoms with E-state index >= 15 is 0 Å². The summed E-state index contributed by atoms with van der Waals surface area (Å²) >= 11 is 3.42. The topological polar surface area (TPSA) is 67.7 Å². The van der Waals surface area contributed by atoms with Gasteiger partial charge in [-0.25, -0.2) is 4.98 Å². The molecule has 0 aliphatic rings. The normalized spacial score (nSPS) is 11.0. The summed E-state index contributed by atoms with van der Waals surface area (Å²) in [5, 5.41) is 7.78. The smallest absolute Gasteiger partial charge is 0.124 e. The van der Waals surface area contributed by atoms with Crippen LogP contribution in [0, 0.1) is 19.3 Å². The molecule has 0 bridgehead atoms. The van der Waals surface area contributed by atoms with Gasteiger partial charge in [0.05, 0.1) is 16.7 Å². The highest BCUT2D eigenvalue weighted by atomic mass is 79.9. The molecule has 0 fully saturated rings. The highest BCUT2D eigenvalue weighted by Gasteiger charge is 2.12. The summed E-state index contributed by atoms with van der Waals surface area (Å²) in [5.74, 6) is 0.0389. The first-order valence-corrected chi connectivity index (χ1v) is 7.35. The molecule has 0 spiro atoms. The van der Waals surface area contributed by atoms with Gasteiger partial charge in [0.15, 0.2) is 0 Å². The number of rotatable bonds is 2. The van der Waals surface area contributed by atoms with Crippen molar-refractivity contribution in [3.8, 4) is 5.69 Å². The monoisotopic (exact) mass is 342 g/mol. The van der Waals surface area contributed by atoms with Gasteiger partial charge in [-0.05, 0) is 55.3 Å². The maximum atomic E-state index is 7.78. The Morgan fingerprint density at radius 1 is 1.19 bits per heavy atom. The van der Waals surface area contributed by atoms with Crippen LogP contribution in [0.3, 0.4) is 0 Å². The lowest BCUT2D eigenvalue weighted by Gasteiger charge is -2.11. The Bertz CT molecular complexity index is 864. The molecule has 1 heterocycles. The third kappa shape index (κ3) is 2.34.